The van der Waals surface area contributed by atoms with E-state index in [1.807, 2.05) is 26.0 Å². The molecule has 0 aliphatic heterocycles. The molecule has 4 heteroatoms. The van der Waals surface area contributed by atoms with E-state index >= 15 is 0 Å². The fourth-order valence-electron chi connectivity index (χ4n) is 1.01. The first-order valence-corrected chi connectivity index (χ1v) is 4.97. The Morgan fingerprint density at radius 2 is 1.86 bits per heavy atom. The lowest BCUT2D eigenvalue weighted by molar-refractivity contribution is -0.0817. The molecule has 3 nitrogen and oxygen atoms in total. The van der Waals surface area contributed by atoms with Gasteiger partial charge in [-0.05, 0) is 32.0 Å². The molecule has 0 saturated carbocycles. The zero-order valence-electron chi connectivity index (χ0n) is 8.37. The van der Waals surface area contributed by atoms with Crippen molar-refractivity contribution < 1.29 is 9.68 Å². The van der Waals surface area contributed by atoms with Crippen LogP contribution in [0, 0.1) is 0 Å². The second-order valence-electron chi connectivity index (χ2n) is 2.57. The largest absolute Gasteiger partial charge is 0.249 e. The van der Waals surface area contributed by atoms with E-state index < -0.39 is 0 Å². The summed E-state index contributed by atoms with van der Waals surface area (Å²) in [5.74, 6) is 0. The normalized spacial score (nSPS) is 10.2. The zero-order chi connectivity index (χ0) is 10.4. The van der Waals surface area contributed by atoms with Crippen molar-refractivity contribution in [2.45, 2.75) is 13.8 Å². The van der Waals surface area contributed by atoms with Crippen molar-refractivity contribution in [2.75, 3.05) is 18.4 Å². The Labute approximate surface area is 89.1 Å². The van der Waals surface area contributed by atoms with Crippen molar-refractivity contribution in [3.63, 3.8) is 0 Å². The van der Waals surface area contributed by atoms with Gasteiger partial charge >= 0.3 is 0 Å². The standard InChI is InChI=1S/C10H14ClNO2/c1-3-13-12(14-4-2)10-7-5-6-9(11)8-10/h5-8H,3-4H2,1-2H3. The van der Waals surface area contributed by atoms with E-state index in [0.29, 0.717) is 18.2 Å². The van der Waals surface area contributed by atoms with Gasteiger partial charge in [-0.2, -0.15) is 0 Å². The van der Waals surface area contributed by atoms with Crippen molar-refractivity contribution in [3.8, 4) is 0 Å². The summed E-state index contributed by atoms with van der Waals surface area (Å²) in [6.45, 7) is 4.90. The minimum absolute atomic E-state index is 0.548. The van der Waals surface area contributed by atoms with Crippen LogP contribution in [0.2, 0.25) is 5.02 Å². The van der Waals surface area contributed by atoms with Gasteiger partial charge in [0.25, 0.3) is 0 Å². The summed E-state index contributed by atoms with van der Waals surface area (Å²) in [4.78, 5) is 10.6. The van der Waals surface area contributed by atoms with E-state index in [-0.39, 0.29) is 0 Å². The molecule has 0 radical (unpaired) electrons. The number of benzene rings is 1. The summed E-state index contributed by atoms with van der Waals surface area (Å²) in [6, 6.07) is 7.31. The van der Waals surface area contributed by atoms with Crippen LogP contribution in [0.5, 0.6) is 0 Å². The first-order valence-electron chi connectivity index (χ1n) is 4.59. The molecular formula is C10H14ClNO2. The molecule has 0 aromatic heterocycles. The molecule has 1 aromatic carbocycles. The Morgan fingerprint density at radius 1 is 1.21 bits per heavy atom. The van der Waals surface area contributed by atoms with Crippen LogP contribution >= 0.6 is 11.6 Å². The van der Waals surface area contributed by atoms with Gasteiger partial charge in [0.05, 0.1) is 18.9 Å². The predicted molar refractivity (Wildman–Crippen MR) is 57.2 cm³/mol. The quantitative estimate of drug-likeness (QED) is 0.705. The highest BCUT2D eigenvalue weighted by Gasteiger charge is 2.06. The number of nitrogens with zero attached hydrogens (tertiary/aromatic N) is 1. The first-order chi connectivity index (χ1) is 6.77. The summed E-state index contributed by atoms with van der Waals surface area (Å²) < 4.78 is 0. The van der Waals surface area contributed by atoms with E-state index in [0.717, 1.165) is 5.69 Å². The van der Waals surface area contributed by atoms with Crippen molar-refractivity contribution >= 4 is 17.3 Å². The summed E-state index contributed by atoms with van der Waals surface area (Å²) in [5, 5.41) is 2.04. The monoisotopic (exact) mass is 215 g/mol. The minimum Gasteiger partial charge on any atom is -0.249 e. The van der Waals surface area contributed by atoms with Gasteiger partial charge in [0.2, 0.25) is 0 Å². The molecule has 0 spiro atoms. The average Bonchev–Trinajstić information content (AvgIpc) is 2.17. The Bertz CT molecular complexity index is 275. The van der Waals surface area contributed by atoms with Crippen LogP contribution in [0.3, 0.4) is 0 Å². The number of hydrogen-bond acceptors (Lipinski definition) is 3. The predicted octanol–water partition coefficient (Wildman–Crippen LogP) is 3.05. The number of rotatable bonds is 5. The molecule has 1 rings (SSSR count). The smallest absolute Gasteiger partial charge is 0.0962 e. The van der Waals surface area contributed by atoms with Crippen LogP contribution in [-0.2, 0) is 9.68 Å². The molecular weight excluding hydrogens is 202 g/mol. The zero-order valence-corrected chi connectivity index (χ0v) is 9.12. The highest BCUT2D eigenvalue weighted by Crippen LogP contribution is 2.19. The van der Waals surface area contributed by atoms with Gasteiger partial charge < -0.3 is 0 Å². The van der Waals surface area contributed by atoms with Crippen molar-refractivity contribution in [2.24, 2.45) is 0 Å². The molecule has 0 heterocycles. The van der Waals surface area contributed by atoms with Gasteiger partial charge in [-0.25, -0.2) is 9.68 Å². The molecule has 0 aliphatic carbocycles. The van der Waals surface area contributed by atoms with Crippen molar-refractivity contribution in [1.29, 1.82) is 0 Å². The lowest BCUT2D eigenvalue weighted by atomic mass is 10.3. The van der Waals surface area contributed by atoms with E-state index in [1.165, 1.54) is 5.23 Å². The van der Waals surface area contributed by atoms with Gasteiger partial charge in [0.1, 0.15) is 0 Å². The summed E-state index contributed by atoms with van der Waals surface area (Å²) in [7, 11) is 0. The van der Waals surface area contributed by atoms with E-state index in [9.17, 15) is 0 Å². The maximum absolute atomic E-state index is 5.85. The second-order valence-corrected chi connectivity index (χ2v) is 3.01. The van der Waals surface area contributed by atoms with Crippen molar-refractivity contribution in [3.05, 3.63) is 29.3 Å². The molecule has 14 heavy (non-hydrogen) atoms. The third-order valence-corrected chi connectivity index (χ3v) is 1.75. The van der Waals surface area contributed by atoms with Gasteiger partial charge in [-0.3, -0.25) is 0 Å². The molecule has 0 atom stereocenters. The molecule has 0 unspecified atom stereocenters. The van der Waals surface area contributed by atoms with Crippen LogP contribution in [0.25, 0.3) is 0 Å². The Kier molecular flexibility index (Phi) is 4.73. The molecule has 0 aliphatic rings. The Balaban J connectivity index is 2.75. The Hall–Kier alpha value is -0.770. The highest BCUT2D eigenvalue weighted by molar-refractivity contribution is 6.30. The molecule has 0 amide bonds. The first kappa shape index (κ1) is 11.3. The second kappa shape index (κ2) is 5.86. The van der Waals surface area contributed by atoms with Crippen LogP contribution in [0.15, 0.2) is 24.3 Å². The molecule has 0 N–H and O–H groups in total. The van der Waals surface area contributed by atoms with Gasteiger partial charge in [0, 0.05) is 5.02 Å². The molecule has 78 valence electrons. The minimum atomic E-state index is 0.548. The number of anilines is 1. The fraction of sp³-hybridized carbons (Fsp3) is 0.400. The van der Waals surface area contributed by atoms with E-state index in [1.54, 1.807) is 12.1 Å². The molecule has 0 fully saturated rings. The maximum atomic E-state index is 5.85. The SMILES string of the molecule is CCON(OCC)c1cccc(Cl)c1. The third-order valence-electron chi connectivity index (χ3n) is 1.51. The maximum Gasteiger partial charge on any atom is 0.0962 e. The molecule has 0 saturated heterocycles. The van der Waals surface area contributed by atoms with Crippen LogP contribution in [0.1, 0.15) is 13.8 Å². The van der Waals surface area contributed by atoms with Crippen LogP contribution in [-0.4, -0.2) is 13.2 Å². The highest BCUT2D eigenvalue weighted by atomic mass is 35.5. The summed E-state index contributed by atoms with van der Waals surface area (Å²) in [5.41, 5.74) is 0.793. The van der Waals surface area contributed by atoms with E-state index in [4.69, 9.17) is 21.3 Å². The van der Waals surface area contributed by atoms with Gasteiger partial charge in [-0.15, -0.1) is 5.23 Å². The topological polar surface area (TPSA) is 21.7 Å². The molecule has 0 bridgehead atoms. The molecule has 1 aromatic rings. The lowest BCUT2D eigenvalue weighted by Crippen LogP contribution is -2.23. The summed E-state index contributed by atoms with van der Waals surface area (Å²) >= 11 is 5.85. The van der Waals surface area contributed by atoms with Gasteiger partial charge in [-0.1, -0.05) is 17.7 Å². The van der Waals surface area contributed by atoms with Crippen LogP contribution in [0.4, 0.5) is 5.69 Å². The summed E-state index contributed by atoms with van der Waals surface area (Å²) in [6.07, 6.45) is 0. The van der Waals surface area contributed by atoms with E-state index in [2.05, 4.69) is 0 Å². The Morgan fingerprint density at radius 3 is 2.36 bits per heavy atom. The average molecular weight is 216 g/mol. The number of hydrogen-bond donors (Lipinski definition) is 0. The lowest BCUT2D eigenvalue weighted by Gasteiger charge is -2.21. The van der Waals surface area contributed by atoms with Crippen LogP contribution < -0.4 is 5.23 Å². The van der Waals surface area contributed by atoms with Crippen molar-refractivity contribution in [1.82, 2.24) is 0 Å². The number of halogens is 1. The fourth-order valence-corrected chi connectivity index (χ4v) is 1.20. The van der Waals surface area contributed by atoms with Gasteiger partial charge in [0.15, 0.2) is 0 Å². The third kappa shape index (κ3) is 3.18.